The number of hydrogen-bond donors (Lipinski definition) is 2. The van der Waals surface area contributed by atoms with Gasteiger partial charge in [-0.2, -0.15) is 0 Å². The highest BCUT2D eigenvalue weighted by molar-refractivity contribution is 5.77. The van der Waals surface area contributed by atoms with Crippen LogP contribution in [-0.2, 0) is 11.3 Å². The lowest BCUT2D eigenvalue weighted by molar-refractivity contribution is -0.120. The Morgan fingerprint density at radius 1 is 1.26 bits per heavy atom. The van der Waals surface area contributed by atoms with Gasteiger partial charge in [-0.15, -0.1) is 0 Å². The lowest BCUT2D eigenvalue weighted by Gasteiger charge is -2.31. The summed E-state index contributed by atoms with van der Waals surface area (Å²) in [5.41, 5.74) is 1.05. The SMILES string of the molecule is CC1CCN(c2ccc(CNC(=O)CNCC3CC3)cn2)CC1. The van der Waals surface area contributed by atoms with Gasteiger partial charge in [0.05, 0.1) is 6.54 Å². The number of piperidine rings is 1. The number of amides is 1. The molecule has 0 bridgehead atoms. The molecule has 2 heterocycles. The minimum Gasteiger partial charge on any atom is -0.357 e. The van der Waals surface area contributed by atoms with E-state index in [2.05, 4.69) is 39.6 Å². The summed E-state index contributed by atoms with van der Waals surface area (Å²) in [5.74, 6) is 2.74. The van der Waals surface area contributed by atoms with E-state index in [0.29, 0.717) is 13.1 Å². The molecule has 5 heteroatoms. The van der Waals surface area contributed by atoms with Crippen molar-refractivity contribution in [3.8, 4) is 0 Å². The van der Waals surface area contributed by atoms with Gasteiger partial charge in [0.15, 0.2) is 0 Å². The molecule has 23 heavy (non-hydrogen) atoms. The molecule has 1 saturated carbocycles. The van der Waals surface area contributed by atoms with E-state index in [9.17, 15) is 4.79 Å². The maximum Gasteiger partial charge on any atom is 0.234 e. The van der Waals surface area contributed by atoms with Gasteiger partial charge in [-0.3, -0.25) is 4.79 Å². The molecular weight excluding hydrogens is 288 g/mol. The second kappa shape index (κ2) is 7.77. The first-order chi connectivity index (χ1) is 11.2. The maximum atomic E-state index is 11.8. The van der Waals surface area contributed by atoms with Crippen molar-refractivity contribution in [1.82, 2.24) is 15.6 Å². The molecule has 2 N–H and O–H groups in total. The van der Waals surface area contributed by atoms with Crippen molar-refractivity contribution in [1.29, 1.82) is 0 Å². The second-order valence-electron chi connectivity index (χ2n) is 7.05. The van der Waals surface area contributed by atoms with E-state index < -0.39 is 0 Å². The third-order valence-electron chi connectivity index (χ3n) is 4.82. The van der Waals surface area contributed by atoms with Crippen LogP contribution >= 0.6 is 0 Å². The zero-order valence-electron chi connectivity index (χ0n) is 14.1. The van der Waals surface area contributed by atoms with Crippen LogP contribution in [0.5, 0.6) is 0 Å². The summed E-state index contributed by atoms with van der Waals surface area (Å²) in [5, 5.41) is 6.15. The number of pyridine rings is 1. The van der Waals surface area contributed by atoms with Crippen molar-refractivity contribution >= 4 is 11.7 Å². The molecular formula is C18H28N4O. The van der Waals surface area contributed by atoms with E-state index >= 15 is 0 Å². The molecule has 5 nitrogen and oxygen atoms in total. The number of carbonyl (C=O) groups excluding carboxylic acids is 1. The molecule has 2 fully saturated rings. The summed E-state index contributed by atoms with van der Waals surface area (Å²) in [4.78, 5) is 18.7. The molecule has 3 rings (SSSR count). The highest BCUT2D eigenvalue weighted by atomic mass is 16.1. The van der Waals surface area contributed by atoms with Crippen molar-refractivity contribution in [3.05, 3.63) is 23.9 Å². The summed E-state index contributed by atoms with van der Waals surface area (Å²) in [7, 11) is 0. The second-order valence-corrected chi connectivity index (χ2v) is 7.05. The first-order valence-corrected chi connectivity index (χ1v) is 8.88. The Bertz CT molecular complexity index is 504. The molecule has 0 radical (unpaired) electrons. The number of anilines is 1. The Labute approximate surface area is 138 Å². The maximum absolute atomic E-state index is 11.8. The van der Waals surface area contributed by atoms with E-state index in [1.165, 1.54) is 25.7 Å². The van der Waals surface area contributed by atoms with Crippen molar-refractivity contribution in [2.45, 2.75) is 39.2 Å². The fraction of sp³-hybridized carbons (Fsp3) is 0.667. The van der Waals surface area contributed by atoms with E-state index in [0.717, 1.165) is 42.9 Å². The molecule has 1 aromatic heterocycles. The number of rotatable bonds is 7. The van der Waals surface area contributed by atoms with Crippen LogP contribution in [0.4, 0.5) is 5.82 Å². The van der Waals surface area contributed by atoms with Gasteiger partial charge in [-0.25, -0.2) is 4.98 Å². The highest BCUT2D eigenvalue weighted by Gasteiger charge is 2.20. The molecule has 0 spiro atoms. The van der Waals surface area contributed by atoms with E-state index in [-0.39, 0.29) is 5.91 Å². The average molecular weight is 316 g/mol. The normalized spacial score (nSPS) is 18.9. The van der Waals surface area contributed by atoms with Gasteiger partial charge < -0.3 is 15.5 Å². The quantitative estimate of drug-likeness (QED) is 0.807. The summed E-state index contributed by atoms with van der Waals surface area (Å²) < 4.78 is 0. The molecule has 1 amide bonds. The first kappa shape index (κ1) is 16.2. The minimum atomic E-state index is 0.0553. The number of nitrogens with one attached hydrogen (secondary N) is 2. The standard InChI is InChI=1S/C18H28N4O/c1-14-6-8-22(9-7-14)17-5-4-16(11-20-17)12-21-18(23)13-19-10-15-2-3-15/h4-5,11,14-15,19H,2-3,6-10,12-13H2,1H3,(H,21,23). The van der Waals surface area contributed by atoms with Crippen molar-refractivity contribution in [3.63, 3.8) is 0 Å². The molecule has 1 saturated heterocycles. The summed E-state index contributed by atoms with van der Waals surface area (Å²) in [6, 6.07) is 4.14. The van der Waals surface area contributed by atoms with E-state index in [4.69, 9.17) is 0 Å². The Hall–Kier alpha value is -1.62. The number of nitrogens with zero attached hydrogens (tertiary/aromatic N) is 2. The van der Waals surface area contributed by atoms with Gasteiger partial charge in [-0.1, -0.05) is 13.0 Å². The molecule has 126 valence electrons. The lowest BCUT2D eigenvalue weighted by Crippen LogP contribution is -2.34. The zero-order chi connectivity index (χ0) is 16.1. The van der Waals surface area contributed by atoms with Crippen LogP contribution in [0.1, 0.15) is 38.2 Å². The highest BCUT2D eigenvalue weighted by Crippen LogP contribution is 2.27. The van der Waals surface area contributed by atoms with Gasteiger partial charge in [0, 0.05) is 25.8 Å². The predicted molar refractivity (Wildman–Crippen MR) is 92.3 cm³/mol. The molecule has 0 unspecified atom stereocenters. The third kappa shape index (κ3) is 5.20. The van der Waals surface area contributed by atoms with Crippen LogP contribution in [-0.4, -0.2) is 37.1 Å². The third-order valence-corrected chi connectivity index (χ3v) is 4.82. The van der Waals surface area contributed by atoms with Gasteiger partial charge in [0.1, 0.15) is 5.82 Å². The minimum absolute atomic E-state index is 0.0553. The lowest BCUT2D eigenvalue weighted by atomic mass is 9.99. The average Bonchev–Trinajstić information content (AvgIpc) is 3.39. The van der Waals surface area contributed by atoms with Crippen LogP contribution < -0.4 is 15.5 Å². The number of aromatic nitrogens is 1. The smallest absolute Gasteiger partial charge is 0.234 e. The molecule has 1 aliphatic heterocycles. The molecule has 2 aliphatic rings. The number of hydrogen-bond acceptors (Lipinski definition) is 4. The van der Waals surface area contributed by atoms with E-state index in [1.54, 1.807) is 0 Å². The summed E-state index contributed by atoms with van der Waals surface area (Å²) in [6.45, 7) is 6.43. The summed E-state index contributed by atoms with van der Waals surface area (Å²) >= 11 is 0. The van der Waals surface area contributed by atoms with Crippen molar-refractivity contribution in [2.75, 3.05) is 31.1 Å². The van der Waals surface area contributed by atoms with E-state index in [1.807, 2.05) is 6.20 Å². The Balaban J connectivity index is 1.39. The summed E-state index contributed by atoms with van der Waals surface area (Å²) in [6.07, 6.45) is 6.98. The Morgan fingerprint density at radius 2 is 2.04 bits per heavy atom. The topological polar surface area (TPSA) is 57.3 Å². The number of carbonyl (C=O) groups is 1. The van der Waals surface area contributed by atoms with Crippen LogP contribution in [0.15, 0.2) is 18.3 Å². The first-order valence-electron chi connectivity index (χ1n) is 8.88. The largest absolute Gasteiger partial charge is 0.357 e. The zero-order valence-corrected chi connectivity index (χ0v) is 14.1. The van der Waals surface area contributed by atoms with Crippen LogP contribution in [0.3, 0.4) is 0 Å². The monoisotopic (exact) mass is 316 g/mol. The molecule has 0 aromatic carbocycles. The molecule has 1 aromatic rings. The van der Waals surface area contributed by atoms with Gasteiger partial charge in [0.25, 0.3) is 0 Å². The fourth-order valence-corrected chi connectivity index (χ4v) is 2.92. The fourth-order valence-electron chi connectivity index (χ4n) is 2.92. The van der Waals surface area contributed by atoms with Crippen LogP contribution in [0, 0.1) is 11.8 Å². The molecule has 1 aliphatic carbocycles. The van der Waals surface area contributed by atoms with Gasteiger partial charge in [0.2, 0.25) is 5.91 Å². The predicted octanol–water partition coefficient (Wildman–Crippen LogP) is 1.93. The van der Waals surface area contributed by atoms with Gasteiger partial charge >= 0.3 is 0 Å². The van der Waals surface area contributed by atoms with Crippen molar-refractivity contribution in [2.24, 2.45) is 11.8 Å². The molecule has 0 atom stereocenters. The van der Waals surface area contributed by atoms with Crippen molar-refractivity contribution < 1.29 is 4.79 Å². The Morgan fingerprint density at radius 3 is 2.70 bits per heavy atom. The van der Waals surface area contributed by atoms with Gasteiger partial charge in [-0.05, 0) is 55.7 Å². The Kier molecular flexibility index (Phi) is 5.49. The van der Waals surface area contributed by atoms with Crippen LogP contribution in [0.2, 0.25) is 0 Å². The van der Waals surface area contributed by atoms with Crippen LogP contribution in [0.25, 0.3) is 0 Å².